The van der Waals surface area contributed by atoms with Crippen LogP contribution in [0.3, 0.4) is 0 Å². The molecular weight excluding hydrogens is 439 g/mol. The van der Waals surface area contributed by atoms with Gasteiger partial charge in [-0.3, -0.25) is 30.3 Å². The molecule has 11 nitrogen and oxygen atoms in total. The average Bonchev–Trinajstić information content (AvgIpc) is 2.78. The van der Waals surface area contributed by atoms with Crippen LogP contribution >= 0.6 is 0 Å². The van der Waals surface area contributed by atoms with Crippen molar-refractivity contribution in [3.8, 4) is 17.0 Å². The van der Waals surface area contributed by atoms with E-state index in [4.69, 9.17) is 5.11 Å². The van der Waals surface area contributed by atoms with E-state index in [1.165, 1.54) is 12.1 Å². The second-order valence-electron chi connectivity index (χ2n) is 6.50. The topological polar surface area (TPSA) is 163 Å². The summed E-state index contributed by atoms with van der Waals surface area (Å²) >= 11 is 0. The Balaban J connectivity index is 0.000000186. The van der Waals surface area contributed by atoms with E-state index in [-0.39, 0.29) is 5.82 Å². The van der Waals surface area contributed by atoms with Crippen LogP contribution in [0.25, 0.3) is 22.2 Å². The number of nitrogens with zero attached hydrogens (tertiary/aromatic N) is 4. The van der Waals surface area contributed by atoms with E-state index in [2.05, 4.69) is 4.98 Å². The lowest BCUT2D eigenvalue weighted by Crippen LogP contribution is -1.97. The normalized spacial score (nSPS) is 10.2. The average molecular weight is 452 g/mol. The van der Waals surface area contributed by atoms with Crippen molar-refractivity contribution >= 4 is 28.0 Å². The summed E-state index contributed by atoms with van der Waals surface area (Å²) in [6.07, 6.45) is 0. The van der Waals surface area contributed by atoms with E-state index in [1.807, 2.05) is 42.5 Å². The van der Waals surface area contributed by atoms with Gasteiger partial charge in [-0.1, -0.05) is 36.4 Å². The van der Waals surface area contributed by atoms with Crippen LogP contribution < -0.4 is 0 Å². The van der Waals surface area contributed by atoms with Gasteiger partial charge in [0.1, 0.15) is 5.82 Å². The molecule has 3 aromatic carbocycles. The number of non-ortho nitro benzene ring substituents is 1. The summed E-state index contributed by atoms with van der Waals surface area (Å²) in [7, 11) is 0. The number of rotatable bonds is 4. The highest BCUT2D eigenvalue weighted by Crippen LogP contribution is 2.38. The third-order valence-electron chi connectivity index (χ3n) is 4.38. The predicted octanol–water partition coefficient (Wildman–Crippen LogP) is 5.16. The standard InChI is InChI=1S/C15H10FN.C6H3N3O7/c16-13-6-3-5-12(10-13)15-9-8-11-4-1-2-7-14(11)17-15;10-6-4(8(13)14)1-3(7(11)12)2-5(6)9(15)16/h1-10H;1-2,10H. The molecule has 1 aromatic heterocycles. The van der Waals surface area contributed by atoms with Gasteiger partial charge >= 0.3 is 11.4 Å². The Kier molecular flexibility index (Phi) is 6.48. The van der Waals surface area contributed by atoms with E-state index in [0.717, 1.165) is 22.2 Å². The molecule has 166 valence electrons. The molecule has 33 heavy (non-hydrogen) atoms. The molecule has 0 spiro atoms. The summed E-state index contributed by atoms with van der Waals surface area (Å²) in [5.74, 6) is -1.45. The number of phenols is 1. The van der Waals surface area contributed by atoms with Crippen LogP contribution in [0.1, 0.15) is 0 Å². The maximum absolute atomic E-state index is 13.1. The van der Waals surface area contributed by atoms with Crippen molar-refractivity contribution in [2.24, 2.45) is 0 Å². The smallest absolute Gasteiger partial charge is 0.324 e. The molecule has 0 aliphatic heterocycles. The molecule has 4 aromatic rings. The zero-order chi connectivity index (χ0) is 24.1. The van der Waals surface area contributed by atoms with Gasteiger partial charge in [0.2, 0.25) is 0 Å². The summed E-state index contributed by atoms with van der Waals surface area (Å²) in [4.78, 5) is 32.3. The van der Waals surface area contributed by atoms with Crippen LogP contribution in [0.4, 0.5) is 21.5 Å². The monoisotopic (exact) mass is 452 g/mol. The van der Waals surface area contributed by atoms with Crippen LogP contribution in [0.2, 0.25) is 0 Å². The first-order chi connectivity index (χ1) is 15.7. The number of pyridine rings is 1. The fraction of sp³-hybridized carbons (Fsp3) is 0. The van der Waals surface area contributed by atoms with Gasteiger partial charge in [0.05, 0.1) is 38.1 Å². The number of halogens is 1. The van der Waals surface area contributed by atoms with Gasteiger partial charge in [-0.05, 0) is 24.3 Å². The molecule has 12 heteroatoms. The quantitative estimate of drug-likeness (QED) is 0.328. The van der Waals surface area contributed by atoms with Gasteiger partial charge < -0.3 is 5.11 Å². The SMILES string of the molecule is Fc1cccc(-c2ccc3ccccc3n2)c1.O=[N+]([O-])c1cc([N+](=O)[O-])c(O)c([N+](=O)[O-])c1. The Labute approximate surface area is 183 Å². The molecule has 0 fully saturated rings. The second kappa shape index (κ2) is 9.43. The van der Waals surface area contributed by atoms with Gasteiger partial charge in [-0.25, -0.2) is 9.37 Å². The molecule has 0 atom stereocenters. The lowest BCUT2D eigenvalue weighted by atomic mass is 10.1. The van der Waals surface area contributed by atoms with E-state index < -0.39 is 37.6 Å². The number of hydrogen-bond donors (Lipinski definition) is 1. The first-order valence-corrected chi connectivity index (χ1v) is 9.09. The molecule has 0 radical (unpaired) electrons. The van der Waals surface area contributed by atoms with Crippen molar-refractivity contribution in [1.29, 1.82) is 0 Å². The maximum atomic E-state index is 13.1. The Morgan fingerprint density at radius 3 is 1.97 bits per heavy atom. The second-order valence-corrected chi connectivity index (χ2v) is 6.50. The fourth-order valence-electron chi connectivity index (χ4n) is 2.85. The Morgan fingerprint density at radius 2 is 1.39 bits per heavy atom. The zero-order valence-electron chi connectivity index (χ0n) is 16.5. The number of hydrogen-bond acceptors (Lipinski definition) is 8. The lowest BCUT2D eigenvalue weighted by Gasteiger charge is -2.03. The van der Waals surface area contributed by atoms with Crippen LogP contribution in [-0.4, -0.2) is 24.9 Å². The molecule has 0 saturated carbocycles. The number of fused-ring (bicyclic) bond motifs is 1. The first-order valence-electron chi connectivity index (χ1n) is 9.09. The van der Waals surface area contributed by atoms with Crippen LogP contribution in [0.5, 0.6) is 5.75 Å². The van der Waals surface area contributed by atoms with Gasteiger partial charge in [-0.2, -0.15) is 0 Å². The molecule has 0 unspecified atom stereocenters. The number of phenolic OH excluding ortho intramolecular Hbond substituents is 1. The van der Waals surface area contributed by atoms with Crippen LogP contribution in [-0.2, 0) is 0 Å². The highest BCUT2D eigenvalue weighted by atomic mass is 19.1. The molecule has 1 heterocycles. The minimum absolute atomic E-state index is 0.238. The van der Waals surface area contributed by atoms with Gasteiger partial charge in [0.25, 0.3) is 11.4 Å². The van der Waals surface area contributed by atoms with Crippen molar-refractivity contribution in [1.82, 2.24) is 4.98 Å². The molecule has 1 N–H and O–H groups in total. The molecule has 0 aliphatic carbocycles. The minimum Gasteiger partial charge on any atom is -0.497 e. The number of aromatic hydroxyl groups is 1. The van der Waals surface area contributed by atoms with Crippen molar-refractivity contribution in [2.45, 2.75) is 0 Å². The van der Waals surface area contributed by atoms with E-state index in [9.17, 15) is 34.7 Å². The molecule has 0 amide bonds. The van der Waals surface area contributed by atoms with E-state index >= 15 is 0 Å². The molecule has 0 aliphatic rings. The van der Waals surface area contributed by atoms with Crippen molar-refractivity contribution in [2.75, 3.05) is 0 Å². The summed E-state index contributed by atoms with van der Waals surface area (Å²) in [6, 6.07) is 19.2. The maximum Gasteiger partial charge on any atom is 0.324 e. The summed E-state index contributed by atoms with van der Waals surface area (Å²) in [6.45, 7) is 0. The van der Waals surface area contributed by atoms with E-state index in [0.29, 0.717) is 12.1 Å². The summed E-state index contributed by atoms with van der Waals surface area (Å²) < 4.78 is 13.1. The van der Waals surface area contributed by atoms with Gasteiger partial charge in [-0.15, -0.1) is 0 Å². The fourth-order valence-corrected chi connectivity index (χ4v) is 2.85. The summed E-state index contributed by atoms with van der Waals surface area (Å²) in [5, 5.41) is 41.3. The number of benzene rings is 3. The van der Waals surface area contributed by atoms with Crippen LogP contribution in [0.15, 0.2) is 72.8 Å². The molecule has 0 saturated heterocycles. The highest BCUT2D eigenvalue weighted by Gasteiger charge is 2.30. The van der Waals surface area contributed by atoms with Crippen molar-refractivity contribution in [3.05, 3.63) is 109 Å². The first kappa shape index (κ1) is 22.7. The molecular formula is C21H13FN4O7. The Hall–Kier alpha value is -5.00. The van der Waals surface area contributed by atoms with Crippen molar-refractivity contribution in [3.63, 3.8) is 0 Å². The lowest BCUT2D eigenvalue weighted by molar-refractivity contribution is -0.404. The van der Waals surface area contributed by atoms with E-state index in [1.54, 1.807) is 6.07 Å². The largest absolute Gasteiger partial charge is 0.497 e. The van der Waals surface area contributed by atoms with Crippen LogP contribution in [0, 0.1) is 36.2 Å². The number of nitro groups is 3. The Morgan fingerprint density at radius 1 is 0.758 bits per heavy atom. The zero-order valence-corrected chi connectivity index (χ0v) is 16.5. The third-order valence-corrected chi connectivity index (χ3v) is 4.38. The Bertz CT molecular complexity index is 1360. The van der Waals surface area contributed by atoms with Crippen molar-refractivity contribution < 1.29 is 24.3 Å². The predicted molar refractivity (Wildman–Crippen MR) is 115 cm³/mol. The number of aromatic nitrogens is 1. The summed E-state index contributed by atoms with van der Waals surface area (Å²) in [5.41, 5.74) is -0.480. The van der Waals surface area contributed by atoms with Gasteiger partial charge in [0.15, 0.2) is 0 Å². The number of para-hydroxylation sites is 1. The third kappa shape index (κ3) is 5.19. The number of nitro benzene ring substituents is 3. The highest BCUT2D eigenvalue weighted by molar-refractivity contribution is 5.81. The molecule has 4 rings (SSSR count). The van der Waals surface area contributed by atoms with Gasteiger partial charge in [0, 0.05) is 10.9 Å². The minimum atomic E-state index is -1.21. The molecule has 0 bridgehead atoms.